The van der Waals surface area contributed by atoms with Crippen molar-refractivity contribution in [2.75, 3.05) is 11.4 Å². The third kappa shape index (κ3) is 5.79. The number of primary amides is 1. The van der Waals surface area contributed by atoms with Crippen LogP contribution in [0, 0.1) is 5.92 Å². The van der Waals surface area contributed by atoms with Gasteiger partial charge in [0.2, 0.25) is 17.7 Å². The molecule has 3 atom stereocenters. The second-order valence-corrected chi connectivity index (χ2v) is 12.7. The third-order valence-corrected chi connectivity index (χ3v) is 9.99. The highest BCUT2D eigenvalue weighted by Gasteiger charge is 2.52. The summed E-state index contributed by atoms with van der Waals surface area (Å²) in [5, 5.41) is 20.3. The fourth-order valence-corrected chi connectivity index (χ4v) is 7.60. The number of anilines is 1. The first-order valence-electron chi connectivity index (χ1n) is 14.9. The van der Waals surface area contributed by atoms with Gasteiger partial charge in [-0.3, -0.25) is 24.4 Å². The van der Waals surface area contributed by atoms with E-state index in [0.717, 1.165) is 51.0 Å². The van der Waals surface area contributed by atoms with Gasteiger partial charge in [-0.25, -0.2) is 0 Å². The number of H-pyrrole nitrogens is 1. The zero-order valence-electron chi connectivity index (χ0n) is 24.3. The Morgan fingerprint density at radius 1 is 1.16 bits per heavy atom. The van der Waals surface area contributed by atoms with Crippen LogP contribution in [-0.4, -0.2) is 51.3 Å². The standard InChI is InChI=1S/C32H37N7O3S/c1-20(12-13-32(31(33)42)15-22-8-4-6-21-7-5-11-29(41)39(32)30(21)22)26(18-34-16-24-17-35-38-37-24)36-28(40)14-23-19-43-27-10-3-2-9-25(23)27/h2-4,6,8-10,17,19-20,26,34H,5,7,11-16,18H2,1H3,(H2,33,42)(H,36,40)(H,35,37,38)/t20-,26+,32?/m0/s1. The molecular formula is C32H37N7O3S. The highest BCUT2D eigenvalue weighted by molar-refractivity contribution is 7.17. The SMILES string of the molecule is C[C@@H](CCC1(C(N)=O)Cc2cccc3c2N1C(=O)CCC3)[C@@H](CNCc1c[nH]nn1)NC(=O)Cc1csc2ccccc12. The van der Waals surface area contributed by atoms with Gasteiger partial charge in [0, 0.05) is 42.9 Å². The summed E-state index contributed by atoms with van der Waals surface area (Å²) in [5.74, 6) is -0.605. The zero-order chi connectivity index (χ0) is 30.0. The Morgan fingerprint density at radius 2 is 2.00 bits per heavy atom. The van der Waals surface area contributed by atoms with Gasteiger partial charge in [0.05, 0.1) is 17.8 Å². The molecule has 4 aromatic rings. The molecular weight excluding hydrogens is 562 g/mol. The maximum atomic E-state index is 13.4. The number of carbonyl (C=O) groups is 3. The van der Waals surface area contributed by atoms with Gasteiger partial charge in [-0.05, 0) is 65.1 Å². The normalized spacial score (nSPS) is 19.2. The fourth-order valence-electron chi connectivity index (χ4n) is 6.64. The maximum absolute atomic E-state index is 13.4. The Hall–Kier alpha value is -4.09. The molecule has 0 saturated heterocycles. The molecule has 10 nitrogen and oxygen atoms in total. The summed E-state index contributed by atoms with van der Waals surface area (Å²) in [6, 6.07) is 13.9. The molecule has 0 radical (unpaired) electrons. The number of thiophene rings is 1. The number of aromatic amines is 1. The van der Waals surface area contributed by atoms with Crippen LogP contribution in [0.4, 0.5) is 5.69 Å². The number of fused-ring (bicyclic) bond motifs is 1. The van der Waals surface area contributed by atoms with E-state index < -0.39 is 11.4 Å². The highest BCUT2D eigenvalue weighted by Crippen LogP contribution is 2.46. The molecule has 0 saturated carbocycles. The molecule has 2 aliphatic heterocycles. The van der Waals surface area contributed by atoms with Gasteiger partial charge >= 0.3 is 0 Å². The van der Waals surface area contributed by atoms with E-state index in [0.29, 0.717) is 38.8 Å². The third-order valence-electron chi connectivity index (χ3n) is 8.98. The lowest BCUT2D eigenvalue weighted by atomic mass is 9.83. The van der Waals surface area contributed by atoms with Crippen LogP contribution in [0.2, 0.25) is 0 Å². The molecule has 6 rings (SSSR count). The van der Waals surface area contributed by atoms with E-state index in [4.69, 9.17) is 5.73 Å². The first kappa shape index (κ1) is 29.0. The van der Waals surface area contributed by atoms with Crippen molar-refractivity contribution in [1.82, 2.24) is 26.0 Å². The smallest absolute Gasteiger partial charge is 0.244 e. The van der Waals surface area contributed by atoms with Gasteiger partial charge in [0.25, 0.3) is 0 Å². The Morgan fingerprint density at radius 3 is 2.81 bits per heavy atom. The Balaban J connectivity index is 1.19. The van der Waals surface area contributed by atoms with Crippen molar-refractivity contribution in [3.05, 3.63) is 76.4 Å². The van der Waals surface area contributed by atoms with E-state index in [2.05, 4.69) is 39.0 Å². The summed E-state index contributed by atoms with van der Waals surface area (Å²) in [6.45, 7) is 3.08. The lowest BCUT2D eigenvalue weighted by Gasteiger charge is -2.37. The van der Waals surface area contributed by atoms with Crippen molar-refractivity contribution in [2.45, 2.75) is 70.0 Å². The van der Waals surface area contributed by atoms with Gasteiger partial charge in [-0.2, -0.15) is 0 Å². The van der Waals surface area contributed by atoms with Crippen molar-refractivity contribution >= 4 is 44.8 Å². The first-order valence-corrected chi connectivity index (χ1v) is 15.8. The monoisotopic (exact) mass is 599 g/mol. The molecule has 2 aromatic heterocycles. The van der Waals surface area contributed by atoms with Crippen LogP contribution < -0.4 is 21.3 Å². The van der Waals surface area contributed by atoms with Gasteiger partial charge in [0.15, 0.2) is 0 Å². The highest BCUT2D eigenvalue weighted by atomic mass is 32.1. The lowest BCUT2D eigenvalue weighted by molar-refractivity contribution is -0.128. The van der Waals surface area contributed by atoms with E-state index in [-0.39, 0.29) is 30.2 Å². The molecule has 5 N–H and O–H groups in total. The van der Waals surface area contributed by atoms with Crippen molar-refractivity contribution in [3.63, 3.8) is 0 Å². The van der Waals surface area contributed by atoms with Gasteiger partial charge in [0.1, 0.15) is 5.54 Å². The summed E-state index contributed by atoms with van der Waals surface area (Å²) >= 11 is 1.64. The number of hydrogen-bond donors (Lipinski definition) is 4. The maximum Gasteiger partial charge on any atom is 0.244 e. The van der Waals surface area contributed by atoms with E-state index in [1.165, 1.54) is 0 Å². The van der Waals surface area contributed by atoms with Crippen molar-refractivity contribution in [3.8, 4) is 0 Å². The summed E-state index contributed by atoms with van der Waals surface area (Å²) < 4.78 is 1.16. The molecule has 0 bridgehead atoms. The Bertz CT molecular complexity index is 1630. The second kappa shape index (κ2) is 12.3. The molecule has 2 aromatic carbocycles. The summed E-state index contributed by atoms with van der Waals surface area (Å²) in [5.41, 5.74) is 9.77. The number of nitrogens with zero attached hydrogens (tertiary/aromatic N) is 3. The number of para-hydroxylation sites is 1. The minimum atomic E-state index is -1.12. The molecule has 0 spiro atoms. The average Bonchev–Trinajstić information content (AvgIpc) is 3.71. The van der Waals surface area contributed by atoms with E-state index in [1.807, 2.05) is 41.8 Å². The van der Waals surface area contributed by atoms with Crippen LogP contribution in [0.1, 0.15) is 55.0 Å². The number of hydrogen-bond acceptors (Lipinski definition) is 7. The van der Waals surface area contributed by atoms with Crippen LogP contribution in [0.3, 0.4) is 0 Å². The minimum absolute atomic E-state index is 0.0190. The molecule has 4 heterocycles. The van der Waals surface area contributed by atoms with E-state index in [1.54, 1.807) is 22.4 Å². The molecule has 11 heteroatoms. The van der Waals surface area contributed by atoms with Gasteiger partial charge in [-0.1, -0.05) is 48.5 Å². The Labute approximate surface area is 254 Å². The fraction of sp³-hybridized carbons (Fsp3) is 0.406. The second-order valence-electron chi connectivity index (χ2n) is 11.8. The number of nitrogens with one attached hydrogen (secondary N) is 3. The van der Waals surface area contributed by atoms with Gasteiger partial charge < -0.3 is 16.4 Å². The van der Waals surface area contributed by atoms with Gasteiger partial charge in [-0.15, -0.1) is 16.4 Å². The zero-order valence-corrected chi connectivity index (χ0v) is 25.1. The largest absolute Gasteiger partial charge is 0.368 e. The average molecular weight is 600 g/mol. The van der Waals surface area contributed by atoms with Crippen molar-refractivity contribution in [1.29, 1.82) is 0 Å². The number of amides is 3. The first-order chi connectivity index (χ1) is 20.9. The predicted molar refractivity (Wildman–Crippen MR) is 166 cm³/mol. The summed E-state index contributed by atoms with van der Waals surface area (Å²) in [6.07, 6.45) is 5.37. The lowest BCUT2D eigenvalue weighted by Crippen LogP contribution is -2.59. The molecule has 43 heavy (non-hydrogen) atoms. The number of aromatic nitrogens is 3. The minimum Gasteiger partial charge on any atom is -0.368 e. The van der Waals surface area contributed by atoms with Crippen LogP contribution in [0.15, 0.2) is 54.0 Å². The molecule has 2 aliphatic rings. The quantitative estimate of drug-likeness (QED) is 0.196. The Kier molecular flexibility index (Phi) is 8.27. The molecule has 224 valence electrons. The van der Waals surface area contributed by atoms with Crippen molar-refractivity contribution in [2.24, 2.45) is 11.7 Å². The number of aryl methyl sites for hydroxylation is 1. The topological polar surface area (TPSA) is 146 Å². The molecule has 3 amide bonds. The van der Waals surface area contributed by atoms with Crippen LogP contribution in [-0.2, 0) is 40.2 Å². The predicted octanol–water partition coefficient (Wildman–Crippen LogP) is 3.40. The molecule has 0 aliphatic carbocycles. The number of nitrogens with two attached hydrogens (primary N) is 1. The number of carbonyl (C=O) groups excluding carboxylic acids is 3. The number of rotatable bonds is 12. The van der Waals surface area contributed by atoms with Crippen LogP contribution >= 0.6 is 11.3 Å². The molecule has 1 unspecified atom stereocenters. The van der Waals surface area contributed by atoms with E-state index >= 15 is 0 Å². The van der Waals surface area contributed by atoms with Crippen LogP contribution in [0.25, 0.3) is 10.1 Å². The summed E-state index contributed by atoms with van der Waals surface area (Å²) in [4.78, 5) is 41.8. The molecule has 0 fully saturated rings. The summed E-state index contributed by atoms with van der Waals surface area (Å²) in [7, 11) is 0. The van der Waals surface area contributed by atoms with E-state index in [9.17, 15) is 14.4 Å². The number of benzene rings is 2. The van der Waals surface area contributed by atoms with Crippen molar-refractivity contribution < 1.29 is 14.4 Å². The van der Waals surface area contributed by atoms with Crippen LogP contribution in [0.5, 0.6) is 0 Å².